The number of hydrogen-bond donors (Lipinski definition) is 2. The van der Waals surface area contributed by atoms with Gasteiger partial charge in [0, 0.05) is 6.42 Å². The molecule has 1 unspecified atom stereocenters. The first-order chi connectivity index (χ1) is 8.99. The molecule has 0 heterocycles. The standard InChI is InChI=1S/C15H21NO3/c1-11-7-9-13(10-8-11)5-3-4-6-14(17)16-12(2)15(18)19/h7-10,12H,3-6H2,1-2H3,(H,16,17)(H,18,19). The van der Waals surface area contributed by atoms with Gasteiger partial charge < -0.3 is 10.4 Å². The van der Waals surface area contributed by atoms with E-state index in [1.54, 1.807) is 0 Å². The Morgan fingerprint density at radius 1 is 1.21 bits per heavy atom. The highest BCUT2D eigenvalue weighted by Crippen LogP contribution is 2.08. The third-order valence-electron chi connectivity index (χ3n) is 2.99. The van der Waals surface area contributed by atoms with Gasteiger partial charge in [-0.25, -0.2) is 0 Å². The lowest BCUT2D eigenvalue weighted by Gasteiger charge is -2.08. The van der Waals surface area contributed by atoms with Crippen LogP contribution in [-0.2, 0) is 16.0 Å². The van der Waals surface area contributed by atoms with Crippen LogP contribution >= 0.6 is 0 Å². The van der Waals surface area contributed by atoms with E-state index in [0.717, 1.165) is 19.3 Å². The highest BCUT2D eigenvalue weighted by Gasteiger charge is 2.13. The number of nitrogens with one attached hydrogen (secondary N) is 1. The molecule has 0 saturated carbocycles. The topological polar surface area (TPSA) is 66.4 Å². The van der Waals surface area contributed by atoms with Crippen LogP contribution in [0.25, 0.3) is 0 Å². The average molecular weight is 263 g/mol. The highest BCUT2D eigenvalue weighted by molar-refractivity contribution is 5.83. The Hall–Kier alpha value is -1.84. The van der Waals surface area contributed by atoms with Gasteiger partial charge in [-0.05, 0) is 38.7 Å². The van der Waals surface area contributed by atoms with Crippen LogP contribution < -0.4 is 5.32 Å². The minimum atomic E-state index is -1.01. The number of amides is 1. The number of carbonyl (C=O) groups excluding carboxylic acids is 1. The zero-order valence-corrected chi connectivity index (χ0v) is 11.5. The first kappa shape index (κ1) is 15.2. The van der Waals surface area contributed by atoms with E-state index in [4.69, 9.17) is 5.11 Å². The molecule has 0 saturated heterocycles. The lowest BCUT2D eigenvalue weighted by molar-refractivity contribution is -0.141. The molecule has 0 aromatic heterocycles. The van der Waals surface area contributed by atoms with Gasteiger partial charge in [0.1, 0.15) is 6.04 Å². The first-order valence-electron chi connectivity index (χ1n) is 6.57. The van der Waals surface area contributed by atoms with Crippen LogP contribution in [0, 0.1) is 6.92 Å². The van der Waals surface area contributed by atoms with Crippen LogP contribution in [0.4, 0.5) is 0 Å². The van der Waals surface area contributed by atoms with E-state index < -0.39 is 12.0 Å². The molecule has 0 fully saturated rings. The third kappa shape index (κ3) is 6.04. The van der Waals surface area contributed by atoms with Gasteiger partial charge in [0.05, 0.1) is 0 Å². The van der Waals surface area contributed by atoms with Crippen molar-refractivity contribution >= 4 is 11.9 Å². The van der Waals surface area contributed by atoms with E-state index in [0.29, 0.717) is 6.42 Å². The summed E-state index contributed by atoms with van der Waals surface area (Å²) in [6.45, 7) is 3.52. The van der Waals surface area contributed by atoms with Crippen molar-refractivity contribution in [1.29, 1.82) is 0 Å². The predicted molar refractivity (Wildman–Crippen MR) is 74.0 cm³/mol. The molecule has 1 aromatic carbocycles. The SMILES string of the molecule is Cc1ccc(CCCCC(=O)NC(C)C(=O)O)cc1. The molecule has 1 amide bonds. The summed E-state index contributed by atoms with van der Waals surface area (Å²) >= 11 is 0. The van der Waals surface area contributed by atoms with Crippen molar-refractivity contribution in [2.45, 2.75) is 45.6 Å². The summed E-state index contributed by atoms with van der Waals surface area (Å²) in [6, 6.07) is 7.54. The molecule has 0 aliphatic rings. The van der Waals surface area contributed by atoms with Gasteiger partial charge in [-0.3, -0.25) is 9.59 Å². The molecule has 0 aliphatic carbocycles. The summed E-state index contributed by atoms with van der Waals surface area (Å²) in [5.41, 5.74) is 2.51. The Morgan fingerprint density at radius 2 is 1.84 bits per heavy atom. The molecular weight excluding hydrogens is 242 g/mol. The number of benzene rings is 1. The lowest BCUT2D eigenvalue weighted by atomic mass is 10.1. The van der Waals surface area contributed by atoms with E-state index in [9.17, 15) is 9.59 Å². The van der Waals surface area contributed by atoms with Gasteiger partial charge in [-0.2, -0.15) is 0 Å². The van der Waals surface area contributed by atoms with Crippen molar-refractivity contribution in [2.24, 2.45) is 0 Å². The zero-order valence-electron chi connectivity index (χ0n) is 11.5. The monoisotopic (exact) mass is 263 g/mol. The van der Waals surface area contributed by atoms with Gasteiger partial charge >= 0.3 is 5.97 Å². The second kappa shape index (κ2) is 7.56. The molecule has 1 rings (SSSR count). The molecular formula is C15H21NO3. The Balaban J connectivity index is 2.18. The largest absolute Gasteiger partial charge is 0.480 e. The number of aryl methyl sites for hydroxylation is 2. The fourth-order valence-corrected chi connectivity index (χ4v) is 1.74. The maximum atomic E-state index is 11.4. The Kier molecular flexibility index (Phi) is 6.06. The van der Waals surface area contributed by atoms with Crippen LogP contribution in [0.1, 0.15) is 37.3 Å². The van der Waals surface area contributed by atoms with E-state index in [-0.39, 0.29) is 5.91 Å². The van der Waals surface area contributed by atoms with E-state index in [1.807, 2.05) is 0 Å². The maximum Gasteiger partial charge on any atom is 0.325 e. The summed E-state index contributed by atoms with van der Waals surface area (Å²) in [5.74, 6) is -1.20. The number of carbonyl (C=O) groups is 2. The average Bonchev–Trinajstić information content (AvgIpc) is 2.36. The van der Waals surface area contributed by atoms with Crippen LogP contribution in [0.2, 0.25) is 0 Å². The van der Waals surface area contributed by atoms with Crippen molar-refractivity contribution in [3.8, 4) is 0 Å². The van der Waals surface area contributed by atoms with Crippen molar-refractivity contribution < 1.29 is 14.7 Å². The minimum Gasteiger partial charge on any atom is -0.480 e. The Morgan fingerprint density at radius 3 is 2.42 bits per heavy atom. The molecule has 4 heteroatoms. The zero-order chi connectivity index (χ0) is 14.3. The van der Waals surface area contributed by atoms with Crippen molar-refractivity contribution in [3.63, 3.8) is 0 Å². The second-order valence-electron chi connectivity index (χ2n) is 4.82. The van der Waals surface area contributed by atoms with Gasteiger partial charge in [-0.15, -0.1) is 0 Å². The normalized spacial score (nSPS) is 11.9. The fraction of sp³-hybridized carbons (Fsp3) is 0.467. The number of carboxylic acids is 1. The number of rotatable bonds is 7. The number of unbranched alkanes of at least 4 members (excludes halogenated alkanes) is 1. The molecule has 1 aromatic rings. The molecule has 4 nitrogen and oxygen atoms in total. The molecule has 0 radical (unpaired) electrons. The van der Waals surface area contributed by atoms with Crippen LogP contribution in [-0.4, -0.2) is 23.0 Å². The van der Waals surface area contributed by atoms with Gasteiger partial charge in [0.15, 0.2) is 0 Å². The summed E-state index contributed by atoms with van der Waals surface area (Å²) in [5, 5.41) is 11.1. The first-order valence-corrected chi connectivity index (χ1v) is 6.57. The molecule has 2 N–H and O–H groups in total. The lowest BCUT2D eigenvalue weighted by Crippen LogP contribution is -2.38. The van der Waals surface area contributed by atoms with E-state index in [1.165, 1.54) is 18.1 Å². The molecule has 1 atom stereocenters. The predicted octanol–water partition coefficient (Wildman–Crippen LogP) is 2.30. The van der Waals surface area contributed by atoms with E-state index >= 15 is 0 Å². The Bertz CT molecular complexity index is 426. The van der Waals surface area contributed by atoms with Crippen LogP contribution in [0.3, 0.4) is 0 Å². The number of carboxylic acid groups (broad SMARTS) is 1. The van der Waals surface area contributed by atoms with Crippen molar-refractivity contribution in [2.75, 3.05) is 0 Å². The highest BCUT2D eigenvalue weighted by atomic mass is 16.4. The summed E-state index contributed by atoms with van der Waals surface area (Å²) in [4.78, 5) is 22.0. The molecule has 0 aliphatic heterocycles. The minimum absolute atomic E-state index is 0.196. The van der Waals surface area contributed by atoms with Gasteiger partial charge in [0.2, 0.25) is 5.91 Å². The van der Waals surface area contributed by atoms with Crippen molar-refractivity contribution in [1.82, 2.24) is 5.32 Å². The Labute approximate surface area is 113 Å². The quantitative estimate of drug-likeness (QED) is 0.742. The van der Waals surface area contributed by atoms with Gasteiger partial charge in [0.25, 0.3) is 0 Å². The number of hydrogen-bond acceptors (Lipinski definition) is 2. The van der Waals surface area contributed by atoms with Gasteiger partial charge in [-0.1, -0.05) is 29.8 Å². The summed E-state index contributed by atoms with van der Waals surface area (Å²) in [7, 11) is 0. The molecule has 19 heavy (non-hydrogen) atoms. The second-order valence-corrected chi connectivity index (χ2v) is 4.82. The van der Waals surface area contributed by atoms with E-state index in [2.05, 4.69) is 36.5 Å². The molecule has 0 bridgehead atoms. The van der Waals surface area contributed by atoms with Crippen LogP contribution in [0.5, 0.6) is 0 Å². The summed E-state index contributed by atoms with van der Waals surface area (Å²) in [6.07, 6.45) is 3.02. The smallest absolute Gasteiger partial charge is 0.325 e. The fourth-order valence-electron chi connectivity index (χ4n) is 1.74. The number of aliphatic carboxylic acids is 1. The molecule has 0 spiro atoms. The van der Waals surface area contributed by atoms with Crippen molar-refractivity contribution in [3.05, 3.63) is 35.4 Å². The third-order valence-corrected chi connectivity index (χ3v) is 2.99. The summed E-state index contributed by atoms with van der Waals surface area (Å²) < 4.78 is 0. The van der Waals surface area contributed by atoms with Crippen LogP contribution in [0.15, 0.2) is 24.3 Å². The molecule has 104 valence electrons. The maximum absolute atomic E-state index is 11.4.